The normalized spacial score (nSPS) is 12.2. The van der Waals surface area contributed by atoms with Crippen LogP contribution >= 0.6 is 11.3 Å². The molecular weight excluding hydrogens is 268 g/mol. The number of hydrogen-bond donors (Lipinski definition) is 1. The molecule has 3 nitrogen and oxygen atoms in total. The van der Waals surface area contributed by atoms with Gasteiger partial charge in [-0.1, -0.05) is 6.92 Å². The van der Waals surface area contributed by atoms with E-state index in [1.807, 2.05) is 19.1 Å². The largest absolute Gasteiger partial charge is 0.494 e. The van der Waals surface area contributed by atoms with Crippen LogP contribution in [0.4, 0.5) is 5.69 Å². The number of thiazole rings is 1. The maximum atomic E-state index is 5.58. The number of benzene rings is 1. The van der Waals surface area contributed by atoms with Gasteiger partial charge in [-0.25, -0.2) is 4.98 Å². The molecule has 0 aliphatic carbocycles. The molecule has 2 aromatic rings. The van der Waals surface area contributed by atoms with E-state index in [1.54, 1.807) is 11.3 Å². The second kappa shape index (κ2) is 6.75. The van der Waals surface area contributed by atoms with E-state index in [-0.39, 0.29) is 6.04 Å². The topological polar surface area (TPSA) is 34.1 Å². The van der Waals surface area contributed by atoms with E-state index in [9.17, 15) is 0 Å². The van der Waals surface area contributed by atoms with Gasteiger partial charge < -0.3 is 10.1 Å². The molecule has 0 amide bonds. The van der Waals surface area contributed by atoms with Gasteiger partial charge in [-0.3, -0.25) is 0 Å². The van der Waals surface area contributed by atoms with Crippen LogP contribution in [-0.2, 0) is 0 Å². The molecule has 2 rings (SSSR count). The van der Waals surface area contributed by atoms with Crippen molar-refractivity contribution in [3.63, 3.8) is 0 Å². The van der Waals surface area contributed by atoms with Crippen LogP contribution in [0, 0.1) is 13.8 Å². The first kappa shape index (κ1) is 14.9. The summed E-state index contributed by atoms with van der Waals surface area (Å²) >= 11 is 1.75. The third-order valence-corrected chi connectivity index (χ3v) is 3.96. The first-order valence-corrected chi connectivity index (χ1v) is 7.85. The van der Waals surface area contributed by atoms with Gasteiger partial charge in [0.05, 0.1) is 23.4 Å². The van der Waals surface area contributed by atoms with Gasteiger partial charge in [0.25, 0.3) is 0 Å². The zero-order chi connectivity index (χ0) is 14.5. The van der Waals surface area contributed by atoms with E-state index in [2.05, 4.69) is 43.2 Å². The third-order valence-electron chi connectivity index (χ3n) is 3.06. The summed E-state index contributed by atoms with van der Waals surface area (Å²) in [6.07, 6.45) is 1.03. The number of nitrogens with one attached hydrogen (secondary N) is 1. The Kier molecular flexibility index (Phi) is 5.01. The van der Waals surface area contributed by atoms with Gasteiger partial charge in [-0.15, -0.1) is 11.3 Å². The lowest BCUT2D eigenvalue weighted by atomic mass is 10.2. The van der Waals surface area contributed by atoms with E-state index in [0.29, 0.717) is 0 Å². The number of hydrogen-bond acceptors (Lipinski definition) is 4. The van der Waals surface area contributed by atoms with E-state index in [1.165, 1.54) is 4.88 Å². The molecule has 1 N–H and O–H groups in total. The molecule has 0 radical (unpaired) electrons. The van der Waals surface area contributed by atoms with Crippen LogP contribution in [0.25, 0.3) is 0 Å². The average molecular weight is 290 g/mol. The first-order chi connectivity index (χ1) is 9.60. The summed E-state index contributed by atoms with van der Waals surface area (Å²) in [6.45, 7) is 9.19. The molecule has 1 atom stereocenters. The molecule has 1 aromatic heterocycles. The Morgan fingerprint density at radius 2 is 1.95 bits per heavy atom. The Labute approximate surface area is 125 Å². The van der Waals surface area contributed by atoms with Crippen LogP contribution in [0.2, 0.25) is 0 Å². The minimum absolute atomic E-state index is 0.211. The van der Waals surface area contributed by atoms with Gasteiger partial charge in [0, 0.05) is 10.6 Å². The van der Waals surface area contributed by atoms with Gasteiger partial charge in [-0.05, 0) is 51.5 Å². The highest BCUT2D eigenvalue weighted by Crippen LogP contribution is 2.26. The van der Waals surface area contributed by atoms with Crippen molar-refractivity contribution in [2.24, 2.45) is 0 Å². The number of nitrogens with zero attached hydrogens (tertiary/aromatic N) is 1. The lowest BCUT2D eigenvalue weighted by Gasteiger charge is -2.14. The predicted octanol–water partition coefficient (Wildman–Crippen LogP) is 4.72. The number of aromatic nitrogens is 1. The monoisotopic (exact) mass is 290 g/mol. The van der Waals surface area contributed by atoms with Crippen molar-refractivity contribution in [3.05, 3.63) is 39.8 Å². The van der Waals surface area contributed by atoms with Crippen LogP contribution in [-0.4, -0.2) is 11.6 Å². The smallest absolute Gasteiger partial charge is 0.119 e. The highest BCUT2D eigenvalue weighted by atomic mass is 32.1. The van der Waals surface area contributed by atoms with Crippen LogP contribution in [0.1, 0.15) is 41.9 Å². The van der Waals surface area contributed by atoms with Crippen molar-refractivity contribution in [1.29, 1.82) is 0 Å². The Morgan fingerprint density at radius 1 is 1.25 bits per heavy atom. The first-order valence-electron chi connectivity index (χ1n) is 7.03. The quantitative estimate of drug-likeness (QED) is 0.835. The molecule has 0 aliphatic rings. The molecular formula is C16H22N2OS. The van der Waals surface area contributed by atoms with Crippen LogP contribution < -0.4 is 10.1 Å². The second-order valence-electron chi connectivity index (χ2n) is 4.91. The van der Waals surface area contributed by atoms with Crippen molar-refractivity contribution >= 4 is 17.0 Å². The summed E-state index contributed by atoms with van der Waals surface area (Å²) in [5.41, 5.74) is 2.23. The summed E-state index contributed by atoms with van der Waals surface area (Å²) in [7, 11) is 0. The summed E-state index contributed by atoms with van der Waals surface area (Å²) < 4.78 is 5.58. The maximum absolute atomic E-state index is 5.58. The second-order valence-corrected chi connectivity index (χ2v) is 6.32. The molecule has 0 spiro atoms. The highest BCUT2D eigenvalue weighted by Gasteiger charge is 2.12. The summed E-state index contributed by atoms with van der Waals surface area (Å²) in [5, 5.41) is 4.60. The standard InChI is InChI=1S/C16H22N2OS/c1-5-10-19-15-8-6-14(7-9-15)17-11(2)16-12(3)20-13(4)18-16/h6-9,11,17H,5,10H2,1-4H3. The van der Waals surface area contributed by atoms with Gasteiger partial charge in [0.1, 0.15) is 5.75 Å². The Morgan fingerprint density at radius 3 is 2.50 bits per heavy atom. The minimum Gasteiger partial charge on any atom is -0.494 e. The molecule has 108 valence electrons. The van der Waals surface area contributed by atoms with Crippen molar-refractivity contribution < 1.29 is 4.74 Å². The maximum Gasteiger partial charge on any atom is 0.119 e. The molecule has 0 bridgehead atoms. The fraction of sp³-hybridized carbons (Fsp3) is 0.438. The summed E-state index contributed by atoms with van der Waals surface area (Å²) in [6, 6.07) is 8.32. The van der Waals surface area contributed by atoms with Crippen molar-refractivity contribution in [2.45, 2.75) is 40.2 Å². The number of aryl methyl sites for hydroxylation is 2. The van der Waals surface area contributed by atoms with Crippen molar-refractivity contribution in [1.82, 2.24) is 4.98 Å². The predicted molar refractivity (Wildman–Crippen MR) is 85.9 cm³/mol. The van der Waals surface area contributed by atoms with Crippen LogP contribution in [0.15, 0.2) is 24.3 Å². The Bertz CT molecular complexity index is 548. The molecule has 20 heavy (non-hydrogen) atoms. The van der Waals surface area contributed by atoms with E-state index in [0.717, 1.165) is 35.2 Å². The lowest BCUT2D eigenvalue weighted by molar-refractivity contribution is 0.317. The Hall–Kier alpha value is -1.55. The van der Waals surface area contributed by atoms with Gasteiger partial charge in [0.15, 0.2) is 0 Å². The number of rotatable bonds is 6. The molecule has 0 saturated heterocycles. The van der Waals surface area contributed by atoms with E-state index < -0.39 is 0 Å². The molecule has 1 unspecified atom stereocenters. The minimum atomic E-state index is 0.211. The lowest BCUT2D eigenvalue weighted by Crippen LogP contribution is -2.08. The van der Waals surface area contributed by atoms with Gasteiger partial charge >= 0.3 is 0 Å². The summed E-state index contributed by atoms with van der Waals surface area (Å²) in [5.74, 6) is 0.922. The fourth-order valence-electron chi connectivity index (χ4n) is 2.13. The average Bonchev–Trinajstić information content (AvgIpc) is 2.77. The molecule has 0 saturated carbocycles. The summed E-state index contributed by atoms with van der Waals surface area (Å²) in [4.78, 5) is 5.88. The third kappa shape index (κ3) is 3.73. The number of anilines is 1. The van der Waals surface area contributed by atoms with Crippen LogP contribution in [0.5, 0.6) is 5.75 Å². The Balaban J connectivity index is 2.00. The highest BCUT2D eigenvalue weighted by molar-refractivity contribution is 7.11. The van der Waals surface area contributed by atoms with Crippen molar-refractivity contribution in [3.8, 4) is 5.75 Å². The van der Waals surface area contributed by atoms with Crippen LogP contribution in [0.3, 0.4) is 0 Å². The fourth-order valence-corrected chi connectivity index (χ4v) is 3.05. The zero-order valence-corrected chi connectivity index (χ0v) is 13.4. The van der Waals surface area contributed by atoms with E-state index >= 15 is 0 Å². The molecule has 0 fully saturated rings. The van der Waals surface area contributed by atoms with Crippen molar-refractivity contribution in [2.75, 3.05) is 11.9 Å². The SMILES string of the molecule is CCCOc1ccc(NC(C)c2nc(C)sc2C)cc1. The molecule has 1 aromatic carbocycles. The van der Waals surface area contributed by atoms with Gasteiger partial charge in [0.2, 0.25) is 0 Å². The molecule has 0 aliphatic heterocycles. The molecule has 1 heterocycles. The van der Waals surface area contributed by atoms with Gasteiger partial charge in [-0.2, -0.15) is 0 Å². The zero-order valence-electron chi connectivity index (χ0n) is 12.6. The number of ether oxygens (including phenoxy) is 1. The molecule has 4 heteroatoms. The van der Waals surface area contributed by atoms with E-state index in [4.69, 9.17) is 4.74 Å².